The lowest BCUT2D eigenvalue weighted by atomic mass is 10.1. The summed E-state index contributed by atoms with van der Waals surface area (Å²) in [6.45, 7) is 0. The van der Waals surface area contributed by atoms with Crippen LogP contribution >= 0.6 is 12.2 Å². The smallest absolute Gasteiger partial charge is 0.124 e. The van der Waals surface area contributed by atoms with Crippen molar-refractivity contribution in [3.63, 3.8) is 0 Å². The van der Waals surface area contributed by atoms with Crippen molar-refractivity contribution in [2.75, 3.05) is 0 Å². The van der Waals surface area contributed by atoms with E-state index in [1.54, 1.807) is 0 Å². The number of carbonyl (C=O) groups is 1. The van der Waals surface area contributed by atoms with Gasteiger partial charge in [0.2, 0.25) is 0 Å². The molecular formula is C9H7NOS. The van der Waals surface area contributed by atoms with Crippen LogP contribution in [0.2, 0.25) is 0 Å². The van der Waals surface area contributed by atoms with E-state index in [0.29, 0.717) is 6.42 Å². The molecule has 1 rings (SSSR count). The minimum Gasteiger partial charge on any atom is -0.303 e. The van der Waals surface area contributed by atoms with Crippen molar-refractivity contribution in [2.24, 2.45) is 4.99 Å². The first-order chi connectivity index (χ1) is 5.86. The largest absolute Gasteiger partial charge is 0.303 e. The fourth-order valence-corrected chi connectivity index (χ4v) is 1.01. The molecule has 0 aromatic heterocycles. The van der Waals surface area contributed by atoms with Crippen LogP contribution in [0.15, 0.2) is 29.3 Å². The Labute approximate surface area is 75.9 Å². The highest BCUT2D eigenvalue weighted by molar-refractivity contribution is 7.78. The number of aliphatic imine (C=N–C) groups is 1. The van der Waals surface area contributed by atoms with Gasteiger partial charge >= 0.3 is 0 Å². The number of thiocarbonyl (C=S) groups is 1. The minimum atomic E-state index is 0.417. The third-order valence-electron chi connectivity index (χ3n) is 1.40. The summed E-state index contributed by atoms with van der Waals surface area (Å²) >= 11 is 4.46. The van der Waals surface area contributed by atoms with Crippen LogP contribution < -0.4 is 0 Å². The van der Waals surface area contributed by atoms with Crippen molar-refractivity contribution in [3.05, 3.63) is 29.8 Å². The van der Waals surface area contributed by atoms with E-state index in [9.17, 15) is 4.79 Å². The molecule has 0 aliphatic rings. The average molecular weight is 177 g/mol. The quantitative estimate of drug-likeness (QED) is 0.402. The molecule has 1 aromatic carbocycles. The van der Waals surface area contributed by atoms with Gasteiger partial charge in [0.05, 0.1) is 10.8 Å². The molecule has 1 aromatic rings. The molecule has 0 N–H and O–H groups in total. The van der Waals surface area contributed by atoms with Gasteiger partial charge in [-0.1, -0.05) is 12.1 Å². The van der Waals surface area contributed by atoms with Crippen LogP contribution in [0.1, 0.15) is 5.56 Å². The van der Waals surface area contributed by atoms with Crippen molar-refractivity contribution in [1.29, 1.82) is 0 Å². The van der Waals surface area contributed by atoms with Gasteiger partial charge in [0.25, 0.3) is 0 Å². The van der Waals surface area contributed by atoms with Gasteiger partial charge in [0.1, 0.15) is 6.29 Å². The summed E-state index contributed by atoms with van der Waals surface area (Å²) < 4.78 is 0. The molecule has 0 spiro atoms. The normalized spacial score (nSPS) is 8.67. The number of aldehydes is 1. The van der Waals surface area contributed by atoms with E-state index in [4.69, 9.17) is 0 Å². The predicted octanol–water partition coefficient (Wildman–Crippen LogP) is 2.16. The lowest BCUT2D eigenvalue weighted by Crippen LogP contribution is -1.83. The summed E-state index contributed by atoms with van der Waals surface area (Å²) in [6.07, 6.45) is 1.28. The maximum atomic E-state index is 10.2. The standard InChI is InChI=1S/C9H7NOS/c11-5-4-8-2-1-3-9(6-8)10-7-12/h1-3,5-6H,4H2. The number of benzene rings is 1. The van der Waals surface area contributed by atoms with Crippen LogP contribution in [0.25, 0.3) is 0 Å². The van der Waals surface area contributed by atoms with Gasteiger partial charge in [0.15, 0.2) is 0 Å². The van der Waals surface area contributed by atoms with Gasteiger partial charge in [0, 0.05) is 6.42 Å². The molecule has 2 nitrogen and oxygen atoms in total. The molecule has 0 bridgehead atoms. The highest BCUT2D eigenvalue weighted by Crippen LogP contribution is 2.12. The molecule has 3 heteroatoms. The Kier molecular flexibility index (Phi) is 3.33. The Morgan fingerprint density at radius 2 is 2.42 bits per heavy atom. The summed E-state index contributed by atoms with van der Waals surface area (Å²) in [5.41, 5.74) is 1.68. The van der Waals surface area contributed by atoms with E-state index in [2.05, 4.69) is 22.4 Å². The molecule has 0 aliphatic heterocycles. The number of rotatable bonds is 3. The Bertz CT molecular complexity index is 329. The van der Waals surface area contributed by atoms with E-state index < -0.39 is 0 Å². The fraction of sp³-hybridized carbons (Fsp3) is 0.111. The van der Waals surface area contributed by atoms with Gasteiger partial charge in [-0.2, -0.15) is 4.99 Å². The zero-order chi connectivity index (χ0) is 8.81. The molecule has 12 heavy (non-hydrogen) atoms. The van der Waals surface area contributed by atoms with E-state index in [1.807, 2.05) is 24.3 Å². The maximum Gasteiger partial charge on any atom is 0.124 e. The lowest BCUT2D eigenvalue weighted by Gasteiger charge is -1.94. The molecule has 0 aliphatic carbocycles. The number of nitrogens with zero attached hydrogens (tertiary/aromatic N) is 1. The molecule has 0 atom stereocenters. The Hall–Kier alpha value is -1.31. The second-order valence-corrected chi connectivity index (χ2v) is 2.43. The van der Waals surface area contributed by atoms with Crippen LogP contribution in [0.4, 0.5) is 5.69 Å². The van der Waals surface area contributed by atoms with Gasteiger partial charge in [-0.05, 0) is 29.9 Å². The van der Waals surface area contributed by atoms with Crippen LogP contribution in [0, 0.1) is 0 Å². The average Bonchev–Trinajstić information content (AvgIpc) is 2.06. The lowest BCUT2D eigenvalue weighted by molar-refractivity contribution is -0.107. The molecule has 0 saturated carbocycles. The first kappa shape index (κ1) is 8.78. The molecule has 0 radical (unpaired) electrons. The first-order valence-electron chi connectivity index (χ1n) is 3.47. The minimum absolute atomic E-state index is 0.417. The molecule has 0 fully saturated rings. The SMILES string of the molecule is O=CCc1cccc(N=C=S)c1. The Morgan fingerprint density at radius 3 is 3.08 bits per heavy atom. The summed E-state index contributed by atoms with van der Waals surface area (Å²) in [7, 11) is 0. The topological polar surface area (TPSA) is 29.4 Å². The zero-order valence-electron chi connectivity index (χ0n) is 6.36. The highest BCUT2D eigenvalue weighted by Gasteiger charge is 1.92. The Balaban J connectivity index is 2.94. The third-order valence-corrected chi connectivity index (χ3v) is 1.50. The summed E-state index contributed by atoms with van der Waals surface area (Å²) in [6, 6.07) is 7.34. The van der Waals surface area contributed by atoms with E-state index >= 15 is 0 Å². The third kappa shape index (κ3) is 2.38. The zero-order valence-corrected chi connectivity index (χ0v) is 7.17. The summed E-state index contributed by atoms with van der Waals surface area (Å²) in [5.74, 6) is 0. The van der Waals surface area contributed by atoms with Crippen molar-refractivity contribution in [2.45, 2.75) is 6.42 Å². The molecule has 0 unspecified atom stereocenters. The number of carbonyl (C=O) groups excluding carboxylic acids is 1. The van der Waals surface area contributed by atoms with Crippen LogP contribution in [-0.4, -0.2) is 11.4 Å². The first-order valence-corrected chi connectivity index (χ1v) is 3.88. The van der Waals surface area contributed by atoms with Crippen molar-refractivity contribution >= 4 is 29.4 Å². The van der Waals surface area contributed by atoms with E-state index in [0.717, 1.165) is 17.5 Å². The predicted molar refractivity (Wildman–Crippen MR) is 50.9 cm³/mol. The second kappa shape index (κ2) is 4.54. The summed E-state index contributed by atoms with van der Waals surface area (Å²) in [4.78, 5) is 14.0. The Morgan fingerprint density at radius 1 is 1.58 bits per heavy atom. The fourth-order valence-electron chi connectivity index (χ4n) is 0.902. The molecule has 60 valence electrons. The molecule has 0 amide bonds. The van der Waals surface area contributed by atoms with Gasteiger partial charge in [-0.15, -0.1) is 0 Å². The number of hydrogen-bond acceptors (Lipinski definition) is 3. The summed E-state index contributed by atoms with van der Waals surface area (Å²) in [5, 5.41) is 2.27. The van der Waals surface area contributed by atoms with Crippen LogP contribution in [-0.2, 0) is 11.2 Å². The molecular weight excluding hydrogens is 170 g/mol. The van der Waals surface area contributed by atoms with Crippen molar-refractivity contribution < 1.29 is 4.79 Å². The van der Waals surface area contributed by atoms with Crippen LogP contribution in [0.3, 0.4) is 0 Å². The van der Waals surface area contributed by atoms with Gasteiger partial charge in [-0.3, -0.25) is 0 Å². The number of hydrogen-bond donors (Lipinski definition) is 0. The second-order valence-electron chi connectivity index (χ2n) is 2.24. The van der Waals surface area contributed by atoms with Crippen molar-refractivity contribution in [1.82, 2.24) is 0 Å². The van der Waals surface area contributed by atoms with Gasteiger partial charge in [-0.25, -0.2) is 0 Å². The van der Waals surface area contributed by atoms with E-state index in [1.165, 1.54) is 0 Å². The molecule has 0 saturated heterocycles. The maximum absolute atomic E-state index is 10.2. The van der Waals surface area contributed by atoms with Gasteiger partial charge < -0.3 is 4.79 Å². The van der Waals surface area contributed by atoms with E-state index in [-0.39, 0.29) is 0 Å². The monoisotopic (exact) mass is 177 g/mol. The van der Waals surface area contributed by atoms with Crippen LogP contribution in [0.5, 0.6) is 0 Å². The van der Waals surface area contributed by atoms with Crippen molar-refractivity contribution in [3.8, 4) is 0 Å². The number of isothiocyanates is 1. The molecule has 0 heterocycles. The highest BCUT2D eigenvalue weighted by atomic mass is 32.1.